The summed E-state index contributed by atoms with van der Waals surface area (Å²) in [6.45, 7) is 0. The third-order valence-corrected chi connectivity index (χ3v) is 3.97. The monoisotopic (exact) mass is 291 g/mol. The number of benzene rings is 1. The van der Waals surface area contributed by atoms with Crippen molar-refractivity contribution in [3.05, 3.63) is 23.8 Å². The standard InChI is InChI=1S/C16H21NO4/c1-21-16(20)12-7-4-8-13(15(12)19)17-14(18)10-9-11-5-2-3-6-11/h4,7-8,11,19H,2-3,5-6,9-10H2,1H3,(H,17,18). The molecule has 0 atom stereocenters. The second kappa shape index (κ2) is 7.11. The first kappa shape index (κ1) is 15.4. The van der Waals surface area contributed by atoms with Gasteiger partial charge in [-0.1, -0.05) is 31.7 Å². The van der Waals surface area contributed by atoms with Crippen molar-refractivity contribution in [1.29, 1.82) is 0 Å². The molecule has 0 aromatic heterocycles. The Labute approximate surface area is 124 Å². The fourth-order valence-corrected chi connectivity index (χ4v) is 2.77. The highest BCUT2D eigenvalue weighted by atomic mass is 16.5. The average molecular weight is 291 g/mol. The Morgan fingerprint density at radius 1 is 1.33 bits per heavy atom. The first-order valence-corrected chi connectivity index (χ1v) is 7.32. The van der Waals surface area contributed by atoms with E-state index < -0.39 is 5.97 Å². The van der Waals surface area contributed by atoms with E-state index in [0.29, 0.717) is 12.3 Å². The zero-order chi connectivity index (χ0) is 15.2. The number of nitrogens with one attached hydrogen (secondary N) is 1. The van der Waals surface area contributed by atoms with E-state index in [0.717, 1.165) is 6.42 Å². The number of rotatable bonds is 5. The maximum atomic E-state index is 11.9. The van der Waals surface area contributed by atoms with E-state index in [1.807, 2.05) is 0 Å². The number of ether oxygens (including phenoxy) is 1. The minimum Gasteiger partial charge on any atom is -0.505 e. The van der Waals surface area contributed by atoms with Crippen molar-refractivity contribution in [3.63, 3.8) is 0 Å². The van der Waals surface area contributed by atoms with E-state index in [1.165, 1.54) is 38.9 Å². The highest BCUT2D eigenvalue weighted by Gasteiger charge is 2.18. The number of carbonyl (C=O) groups excluding carboxylic acids is 2. The summed E-state index contributed by atoms with van der Waals surface area (Å²) in [5, 5.41) is 12.7. The van der Waals surface area contributed by atoms with Gasteiger partial charge in [0.25, 0.3) is 0 Å². The van der Waals surface area contributed by atoms with Crippen LogP contribution >= 0.6 is 0 Å². The number of methoxy groups -OCH3 is 1. The van der Waals surface area contributed by atoms with E-state index >= 15 is 0 Å². The molecular formula is C16H21NO4. The first-order chi connectivity index (χ1) is 10.1. The third kappa shape index (κ3) is 3.97. The fourth-order valence-electron chi connectivity index (χ4n) is 2.77. The molecule has 0 spiro atoms. The summed E-state index contributed by atoms with van der Waals surface area (Å²) < 4.78 is 4.58. The number of para-hydroxylation sites is 1. The number of hydrogen-bond acceptors (Lipinski definition) is 4. The van der Waals surface area contributed by atoms with Crippen LogP contribution < -0.4 is 5.32 Å². The summed E-state index contributed by atoms with van der Waals surface area (Å²) in [6, 6.07) is 4.61. The van der Waals surface area contributed by atoms with Crippen LogP contribution in [0.25, 0.3) is 0 Å². The predicted octanol–water partition coefficient (Wildman–Crippen LogP) is 3.09. The largest absolute Gasteiger partial charge is 0.505 e. The van der Waals surface area contributed by atoms with Crippen LogP contribution in [0, 0.1) is 5.92 Å². The molecule has 1 aliphatic rings. The highest BCUT2D eigenvalue weighted by molar-refractivity contribution is 5.98. The van der Waals surface area contributed by atoms with Crippen molar-refractivity contribution < 1.29 is 19.4 Å². The molecule has 5 heteroatoms. The Bertz CT molecular complexity index is 521. The molecule has 1 aromatic rings. The number of esters is 1. The molecule has 0 heterocycles. The summed E-state index contributed by atoms with van der Waals surface area (Å²) in [4.78, 5) is 23.4. The van der Waals surface area contributed by atoms with Crippen molar-refractivity contribution >= 4 is 17.6 Å². The van der Waals surface area contributed by atoms with Crippen LogP contribution in [0.3, 0.4) is 0 Å². The van der Waals surface area contributed by atoms with Crippen LogP contribution in [0.5, 0.6) is 5.75 Å². The number of phenolic OH excluding ortho intramolecular Hbond substituents is 1. The third-order valence-electron chi connectivity index (χ3n) is 3.97. The molecule has 0 unspecified atom stereocenters. The molecule has 0 bridgehead atoms. The van der Waals surface area contributed by atoms with Crippen molar-refractivity contribution in [3.8, 4) is 5.75 Å². The summed E-state index contributed by atoms with van der Waals surface area (Å²) in [6.07, 6.45) is 6.24. The average Bonchev–Trinajstić information content (AvgIpc) is 3.00. The minimum absolute atomic E-state index is 0.0473. The number of phenols is 1. The lowest BCUT2D eigenvalue weighted by molar-refractivity contribution is -0.116. The second-order valence-electron chi connectivity index (χ2n) is 5.43. The highest BCUT2D eigenvalue weighted by Crippen LogP contribution is 2.30. The molecule has 0 aliphatic heterocycles. The Morgan fingerprint density at radius 3 is 2.71 bits per heavy atom. The van der Waals surface area contributed by atoms with Gasteiger partial charge in [-0.15, -0.1) is 0 Å². The van der Waals surface area contributed by atoms with Crippen LogP contribution in [0.4, 0.5) is 5.69 Å². The molecule has 114 valence electrons. The molecule has 1 aromatic carbocycles. The van der Waals surface area contributed by atoms with Crippen molar-refractivity contribution in [2.75, 3.05) is 12.4 Å². The second-order valence-corrected chi connectivity index (χ2v) is 5.43. The predicted molar refractivity (Wildman–Crippen MR) is 79.3 cm³/mol. The maximum Gasteiger partial charge on any atom is 0.341 e. The maximum absolute atomic E-state index is 11.9. The van der Waals surface area contributed by atoms with E-state index in [-0.39, 0.29) is 22.9 Å². The Morgan fingerprint density at radius 2 is 2.05 bits per heavy atom. The molecule has 2 N–H and O–H groups in total. The van der Waals surface area contributed by atoms with Gasteiger partial charge >= 0.3 is 5.97 Å². The van der Waals surface area contributed by atoms with Crippen molar-refractivity contribution in [2.45, 2.75) is 38.5 Å². The van der Waals surface area contributed by atoms with Crippen molar-refractivity contribution in [2.24, 2.45) is 5.92 Å². The van der Waals surface area contributed by atoms with E-state index in [1.54, 1.807) is 12.1 Å². The molecule has 0 radical (unpaired) electrons. The molecule has 1 saturated carbocycles. The molecule has 0 saturated heterocycles. The minimum atomic E-state index is -0.630. The zero-order valence-electron chi connectivity index (χ0n) is 12.2. The van der Waals surface area contributed by atoms with E-state index in [9.17, 15) is 14.7 Å². The lowest BCUT2D eigenvalue weighted by atomic mass is 10.0. The van der Waals surface area contributed by atoms with Gasteiger partial charge in [0.2, 0.25) is 5.91 Å². The van der Waals surface area contributed by atoms with Gasteiger partial charge in [-0.25, -0.2) is 4.79 Å². The molecular weight excluding hydrogens is 270 g/mol. The summed E-state index contributed by atoms with van der Waals surface area (Å²) in [5.74, 6) is -0.377. The fraction of sp³-hybridized carbons (Fsp3) is 0.500. The molecule has 1 aliphatic carbocycles. The Kier molecular flexibility index (Phi) is 5.20. The lowest BCUT2D eigenvalue weighted by Gasteiger charge is -2.11. The van der Waals surface area contributed by atoms with Gasteiger partial charge in [-0.2, -0.15) is 0 Å². The smallest absolute Gasteiger partial charge is 0.341 e. The van der Waals surface area contributed by atoms with Crippen LogP contribution in [-0.2, 0) is 9.53 Å². The first-order valence-electron chi connectivity index (χ1n) is 7.32. The quantitative estimate of drug-likeness (QED) is 0.645. The molecule has 2 rings (SSSR count). The van der Waals surface area contributed by atoms with Crippen LogP contribution in [0.1, 0.15) is 48.9 Å². The van der Waals surface area contributed by atoms with Crippen LogP contribution in [0.2, 0.25) is 0 Å². The number of amides is 1. The van der Waals surface area contributed by atoms with Gasteiger partial charge in [0.1, 0.15) is 5.56 Å². The van der Waals surface area contributed by atoms with Crippen LogP contribution in [-0.4, -0.2) is 24.1 Å². The lowest BCUT2D eigenvalue weighted by Crippen LogP contribution is -2.13. The van der Waals surface area contributed by atoms with Gasteiger partial charge < -0.3 is 15.2 Å². The molecule has 5 nitrogen and oxygen atoms in total. The van der Waals surface area contributed by atoms with Crippen molar-refractivity contribution in [1.82, 2.24) is 0 Å². The van der Waals surface area contributed by atoms with E-state index in [2.05, 4.69) is 10.1 Å². The number of anilines is 1. The van der Waals surface area contributed by atoms with E-state index in [4.69, 9.17) is 0 Å². The zero-order valence-corrected chi connectivity index (χ0v) is 12.2. The van der Waals surface area contributed by atoms with Gasteiger partial charge in [-0.3, -0.25) is 4.79 Å². The van der Waals surface area contributed by atoms with Gasteiger partial charge in [0, 0.05) is 6.42 Å². The van der Waals surface area contributed by atoms with Gasteiger partial charge in [-0.05, 0) is 24.5 Å². The summed E-state index contributed by atoms with van der Waals surface area (Å²) in [5.41, 5.74) is 0.292. The normalized spacial score (nSPS) is 14.9. The number of aromatic hydroxyl groups is 1. The summed E-state index contributed by atoms with van der Waals surface area (Å²) >= 11 is 0. The van der Waals surface area contributed by atoms with Gasteiger partial charge in [0.05, 0.1) is 12.8 Å². The summed E-state index contributed by atoms with van der Waals surface area (Å²) in [7, 11) is 1.24. The number of hydrogen-bond donors (Lipinski definition) is 2. The van der Waals surface area contributed by atoms with Crippen LogP contribution in [0.15, 0.2) is 18.2 Å². The van der Waals surface area contributed by atoms with Gasteiger partial charge in [0.15, 0.2) is 5.75 Å². The topological polar surface area (TPSA) is 75.6 Å². The molecule has 21 heavy (non-hydrogen) atoms. The molecule has 1 amide bonds. The molecule has 1 fully saturated rings. The Balaban J connectivity index is 1.95. The number of carbonyl (C=O) groups is 2. The Hall–Kier alpha value is -2.04. The SMILES string of the molecule is COC(=O)c1cccc(NC(=O)CCC2CCCC2)c1O.